The van der Waals surface area contributed by atoms with Gasteiger partial charge in [0, 0.05) is 19.4 Å². The van der Waals surface area contributed by atoms with Crippen molar-refractivity contribution < 1.29 is 42.7 Å². The fourth-order valence-corrected chi connectivity index (χ4v) is 5.60. The maximum atomic E-state index is 12.5. The van der Waals surface area contributed by atoms with Crippen LogP contribution in [0.15, 0.2) is 85.1 Å². The van der Waals surface area contributed by atoms with Crippen LogP contribution in [0.25, 0.3) is 0 Å². The van der Waals surface area contributed by atoms with Gasteiger partial charge in [-0.05, 0) is 77.0 Å². The largest absolute Gasteiger partial charge is 0.472 e. The van der Waals surface area contributed by atoms with Gasteiger partial charge in [0.1, 0.15) is 6.61 Å². The third-order valence-electron chi connectivity index (χ3n) is 7.85. The summed E-state index contributed by atoms with van der Waals surface area (Å²) in [5.41, 5.74) is 5.33. The molecule has 0 aliphatic rings. The predicted molar refractivity (Wildman–Crippen MR) is 221 cm³/mol. The van der Waals surface area contributed by atoms with E-state index in [2.05, 4.69) is 62.5 Å². The van der Waals surface area contributed by atoms with Crippen LogP contribution < -0.4 is 5.73 Å². The van der Waals surface area contributed by atoms with Crippen molar-refractivity contribution in [3.63, 3.8) is 0 Å². The second-order valence-corrected chi connectivity index (χ2v) is 14.4. The number of aliphatic hydroxyl groups is 1. The Kier molecular flexibility index (Phi) is 36.4. The van der Waals surface area contributed by atoms with Gasteiger partial charge in [-0.25, -0.2) is 4.57 Å². The second kappa shape index (κ2) is 38.4. The van der Waals surface area contributed by atoms with Crippen LogP contribution in [0.5, 0.6) is 0 Å². The third kappa shape index (κ3) is 37.5. The topological polar surface area (TPSA) is 155 Å². The second-order valence-electron chi connectivity index (χ2n) is 13.0. The molecule has 0 fully saturated rings. The molecule has 0 rings (SSSR count). The average molecular weight is 778 g/mol. The number of carbonyl (C=O) groups excluding carboxylic acids is 2. The highest BCUT2D eigenvalue weighted by molar-refractivity contribution is 7.47. The number of nitrogens with two attached hydrogens (primary N) is 1. The summed E-state index contributed by atoms with van der Waals surface area (Å²) < 4.78 is 32.6. The lowest BCUT2D eigenvalue weighted by molar-refractivity contribution is -0.161. The summed E-state index contributed by atoms with van der Waals surface area (Å²) in [6.07, 6.45) is 43.8. The summed E-state index contributed by atoms with van der Waals surface area (Å²) >= 11 is 0. The van der Waals surface area contributed by atoms with Crippen LogP contribution in [0.4, 0.5) is 0 Å². The molecule has 0 radical (unpaired) electrons. The number of hydrogen-bond donors (Lipinski definition) is 3. The first-order chi connectivity index (χ1) is 26.2. The molecule has 0 spiro atoms. The minimum absolute atomic E-state index is 0.0292. The molecule has 10 nitrogen and oxygen atoms in total. The maximum Gasteiger partial charge on any atom is 0.472 e. The van der Waals surface area contributed by atoms with Gasteiger partial charge in [-0.15, -0.1) is 0 Å². The molecule has 2 unspecified atom stereocenters. The van der Waals surface area contributed by atoms with Gasteiger partial charge < -0.3 is 25.2 Å². The molecule has 0 aliphatic carbocycles. The Balaban J connectivity index is 4.39. The van der Waals surface area contributed by atoms with E-state index in [-0.39, 0.29) is 32.6 Å². The van der Waals surface area contributed by atoms with E-state index in [0.717, 1.165) is 64.2 Å². The van der Waals surface area contributed by atoms with Crippen LogP contribution in [0.2, 0.25) is 0 Å². The number of phosphoric ester groups is 1. The number of hydrogen-bond acceptors (Lipinski definition) is 9. The number of unbranched alkanes of at least 4 members (excludes halogenated alkanes) is 9. The van der Waals surface area contributed by atoms with E-state index in [4.69, 9.17) is 24.3 Å². The summed E-state index contributed by atoms with van der Waals surface area (Å²) in [6.45, 7) is 3.35. The smallest absolute Gasteiger partial charge is 0.462 e. The summed E-state index contributed by atoms with van der Waals surface area (Å²) in [5, 5.41) is 9.85. The van der Waals surface area contributed by atoms with Crippen LogP contribution in [0.1, 0.15) is 136 Å². The Morgan fingerprint density at radius 1 is 0.667 bits per heavy atom. The molecule has 308 valence electrons. The molecule has 0 aromatic heterocycles. The molecule has 54 heavy (non-hydrogen) atoms. The standard InChI is InChI=1S/C43H72NO9P/c1-3-5-7-8-9-10-11-12-13-14-15-16-17-20-24-27-31-35-43(47)53-41(39-52-54(48,49)51-37-36-44)38-50-42(46)34-30-26-23-21-18-19-22-25-29-33-40(45)32-28-6-4-2/h6,9-10,12-13,15-16,20,22,24-25,28-29,33,40-41,45H,3-5,7-8,11,14,17-19,21,23,26-27,30-32,34-39,44H2,1-2H3,(H,48,49)/b10-9-,13-12-,16-15-,24-20-,25-22+,28-6+,33-29+/t40?,41-/m1/s1. The van der Waals surface area contributed by atoms with Crippen molar-refractivity contribution in [3.8, 4) is 0 Å². The molecular weight excluding hydrogens is 705 g/mol. The van der Waals surface area contributed by atoms with Crippen LogP contribution in [-0.4, -0.2) is 60.5 Å². The van der Waals surface area contributed by atoms with E-state index in [1.54, 1.807) is 6.08 Å². The summed E-state index contributed by atoms with van der Waals surface area (Å²) in [7, 11) is -4.41. The fraction of sp³-hybridized carbons (Fsp3) is 0.628. The van der Waals surface area contributed by atoms with Gasteiger partial charge in [-0.2, -0.15) is 0 Å². The van der Waals surface area contributed by atoms with Crippen molar-refractivity contribution in [2.45, 2.75) is 148 Å². The lowest BCUT2D eigenvalue weighted by Gasteiger charge is -2.19. The van der Waals surface area contributed by atoms with Gasteiger partial charge in [0.15, 0.2) is 6.10 Å². The van der Waals surface area contributed by atoms with E-state index in [1.165, 1.54) is 19.3 Å². The Hall–Kier alpha value is -2.85. The van der Waals surface area contributed by atoms with Gasteiger partial charge in [0.25, 0.3) is 0 Å². The number of esters is 2. The highest BCUT2D eigenvalue weighted by atomic mass is 31.2. The first-order valence-electron chi connectivity index (χ1n) is 20.2. The number of phosphoric acid groups is 1. The zero-order chi connectivity index (χ0) is 39.8. The molecule has 0 amide bonds. The quantitative estimate of drug-likeness (QED) is 0.0184. The van der Waals surface area contributed by atoms with Crippen LogP contribution >= 0.6 is 7.82 Å². The molecule has 0 bridgehead atoms. The van der Waals surface area contributed by atoms with E-state index in [0.29, 0.717) is 25.7 Å². The normalized spacial score (nSPS) is 14.8. The first kappa shape index (κ1) is 51.1. The lowest BCUT2D eigenvalue weighted by atomic mass is 10.1. The van der Waals surface area contributed by atoms with Gasteiger partial charge in [0.2, 0.25) is 0 Å². The van der Waals surface area contributed by atoms with Crippen molar-refractivity contribution >= 4 is 19.8 Å². The summed E-state index contributed by atoms with van der Waals surface area (Å²) in [5.74, 6) is -0.959. The van der Waals surface area contributed by atoms with E-state index in [1.807, 2.05) is 30.4 Å². The average Bonchev–Trinajstić information content (AvgIpc) is 3.15. The monoisotopic (exact) mass is 777 g/mol. The predicted octanol–water partition coefficient (Wildman–Crippen LogP) is 10.2. The van der Waals surface area contributed by atoms with Crippen molar-refractivity contribution in [2.24, 2.45) is 5.73 Å². The van der Waals surface area contributed by atoms with Crippen LogP contribution in [-0.2, 0) is 32.7 Å². The molecule has 0 saturated carbocycles. The SMILES string of the molecule is CC/C=C/CC(O)/C=C/C=C/CCCCCCCC(=O)OC[C@H](COP(=O)(O)OCCN)OC(=O)CCC/C=C\C/C=C\C/C=C\C/C=C\CCCCC. The zero-order valence-electron chi connectivity index (χ0n) is 33.3. The minimum atomic E-state index is -4.41. The third-order valence-corrected chi connectivity index (χ3v) is 8.83. The van der Waals surface area contributed by atoms with Crippen molar-refractivity contribution in [1.29, 1.82) is 0 Å². The minimum Gasteiger partial charge on any atom is -0.462 e. The zero-order valence-corrected chi connectivity index (χ0v) is 34.2. The summed E-state index contributed by atoms with van der Waals surface area (Å²) in [4.78, 5) is 34.8. The van der Waals surface area contributed by atoms with E-state index in [9.17, 15) is 24.2 Å². The van der Waals surface area contributed by atoms with Gasteiger partial charge >= 0.3 is 19.8 Å². The van der Waals surface area contributed by atoms with E-state index >= 15 is 0 Å². The van der Waals surface area contributed by atoms with Crippen molar-refractivity contribution in [1.82, 2.24) is 0 Å². The van der Waals surface area contributed by atoms with Gasteiger partial charge in [0.05, 0.1) is 19.3 Å². The molecule has 11 heteroatoms. The van der Waals surface area contributed by atoms with Gasteiger partial charge in [-0.3, -0.25) is 18.6 Å². The van der Waals surface area contributed by atoms with Crippen LogP contribution in [0, 0.1) is 0 Å². The number of rotatable bonds is 36. The highest BCUT2D eigenvalue weighted by Crippen LogP contribution is 2.43. The van der Waals surface area contributed by atoms with Gasteiger partial charge in [-0.1, -0.05) is 131 Å². The number of carbonyl (C=O) groups is 2. The molecule has 0 aliphatic heterocycles. The number of aliphatic hydroxyl groups excluding tert-OH is 1. The molecule has 0 aromatic carbocycles. The maximum absolute atomic E-state index is 12.5. The fourth-order valence-electron chi connectivity index (χ4n) is 4.84. The Labute approximate surface area is 326 Å². The molecule has 0 saturated heterocycles. The van der Waals surface area contributed by atoms with Crippen molar-refractivity contribution in [2.75, 3.05) is 26.4 Å². The Morgan fingerprint density at radius 2 is 1.26 bits per heavy atom. The molecule has 0 heterocycles. The molecule has 0 aromatic rings. The van der Waals surface area contributed by atoms with E-state index < -0.39 is 38.6 Å². The number of allylic oxidation sites excluding steroid dienone is 12. The highest BCUT2D eigenvalue weighted by Gasteiger charge is 2.25. The van der Waals surface area contributed by atoms with Crippen LogP contribution in [0.3, 0.4) is 0 Å². The molecule has 3 atom stereocenters. The Morgan fingerprint density at radius 3 is 1.93 bits per heavy atom. The first-order valence-corrected chi connectivity index (χ1v) is 21.7. The number of ether oxygens (including phenoxy) is 2. The molecular formula is C43H72NO9P. The Bertz CT molecular complexity index is 1180. The lowest BCUT2D eigenvalue weighted by Crippen LogP contribution is -2.29. The van der Waals surface area contributed by atoms with Crippen molar-refractivity contribution in [3.05, 3.63) is 85.1 Å². The molecule has 4 N–H and O–H groups in total. The summed E-state index contributed by atoms with van der Waals surface area (Å²) in [6, 6.07) is 0.